The van der Waals surface area contributed by atoms with Crippen molar-refractivity contribution in [3.63, 3.8) is 0 Å². The van der Waals surface area contributed by atoms with Gasteiger partial charge in [-0.15, -0.1) is 0 Å². The van der Waals surface area contributed by atoms with Gasteiger partial charge in [-0.25, -0.2) is 14.4 Å². The number of fused-ring (bicyclic) bond motifs is 1. The number of aromatic nitrogens is 2. The largest absolute Gasteiger partial charge is 0.382 e. The van der Waals surface area contributed by atoms with Gasteiger partial charge < -0.3 is 20.9 Å². The number of amides is 1. The molecule has 0 bridgehead atoms. The molecule has 1 amide bonds. The van der Waals surface area contributed by atoms with E-state index in [4.69, 9.17) is 4.98 Å². The topological polar surface area (TPSA) is 82.2 Å². The van der Waals surface area contributed by atoms with Crippen LogP contribution in [0.3, 0.4) is 0 Å². The first-order valence-corrected chi connectivity index (χ1v) is 14.3. The number of para-hydroxylation sites is 1. The molecule has 1 aliphatic rings. The molecule has 1 fully saturated rings. The molecule has 1 aromatic heterocycles. The summed E-state index contributed by atoms with van der Waals surface area (Å²) in [5, 5.41) is 10.8. The number of aryl methyl sites for hydroxylation is 1. The lowest BCUT2D eigenvalue weighted by molar-refractivity contribution is -0.111. The highest BCUT2D eigenvalue weighted by Crippen LogP contribution is 2.32. The van der Waals surface area contributed by atoms with Gasteiger partial charge in [0, 0.05) is 59.9 Å². The predicted molar refractivity (Wildman–Crippen MR) is 167 cm³/mol. The third-order valence-corrected chi connectivity index (χ3v) is 7.49. The monoisotopic (exact) mass is 552 g/mol. The van der Waals surface area contributed by atoms with Gasteiger partial charge in [0.05, 0.1) is 5.52 Å². The summed E-state index contributed by atoms with van der Waals surface area (Å²) in [5.41, 5.74) is 6.58. The maximum atomic E-state index is 12.6. The number of alkyl halides is 1. The lowest BCUT2D eigenvalue weighted by Crippen LogP contribution is -2.39. The minimum Gasteiger partial charge on any atom is -0.382 e. The lowest BCUT2D eigenvalue weighted by atomic mass is 9.98. The number of rotatable bonds is 11. The van der Waals surface area contributed by atoms with Crippen LogP contribution in [0.5, 0.6) is 0 Å². The second kappa shape index (κ2) is 13.4. The predicted octanol–water partition coefficient (Wildman–Crippen LogP) is 6.96. The van der Waals surface area contributed by atoms with Crippen molar-refractivity contribution in [2.75, 3.05) is 42.3 Å². The van der Waals surface area contributed by atoms with Gasteiger partial charge in [0.15, 0.2) is 0 Å². The SMILES string of the molecule is C=CC(=O)Nc1cc(-c2cccc3cnc(Nc4ccc(NC5CCN(CCF)CC5)cc4)nc23)ccc1CCC. The van der Waals surface area contributed by atoms with Crippen molar-refractivity contribution in [2.45, 2.75) is 38.6 Å². The number of nitrogens with one attached hydrogen (secondary N) is 3. The molecule has 0 unspecified atom stereocenters. The van der Waals surface area contributed by atoms with Crippen molar-refractivity contribution in [3.8, 4) is 11.1 Å². The molecule has 0 spiro atoms. The quantitative estimate of drug-likeness (QED) is 0.175. The minimum absolute atomic E-state index is 0.230. The number of carbonyl (C=O) groups is 1. The number of hydrogen-bond donors (Lipinski definition) is 3. The molecule has 8 heteroatoms. The smallest absolute Gasteiger partial charge is 0.247 e. The molecule has 41 heavy (non-hydrogen) atoms. The van der Waals surface area contributed by atoms with Crippen LogP contribution in [0.1, 0.15) is 31.7 Å². The summed E-state index contributed by atoms with van der Waals surface area (Å²) in [5.74, 6) is 0.278. The first-order valence-electron chi connectivity index (χ1n) is 14.3. The van der Waals surface area contributed by atoms with Crippen LogP contribution in [0.25, 0.3) is 22.0 Å². The third kappa shape index (κ3) is 7.08. The van der Waals surface area contributed by atoms with Gasteiger partial charge in [0.25, 0.3) is 0 Å². The molecule has 3 aromatic carbocycles. The van der Waals surface area contributed by atoms with E-state index >= 15 is 0 Å². The first-order chi connectivity index (χ1) is 20.1. The zero-order valence-corrected chi connectivity index (χ0v) is 23.5. The van der Waals surface area contributed by atoms with Crippen LogP contribution in [-0.4, -0.2) is 53.1 Å². The summed E-state index contributed by atoms with van der Waals surface area (Å²) < 4.78 is 12.6. The van der Waals surface area contributed by atoms with E-state index in [1.165, 1.54) is 6.08 Å². The molecule has 3 N–H and O–H groups in total. The van der Waals surface area contributed by atoms with Crippen LogP contribution < -0.4 is 16.0 Å². The van der Waals surface area contributed by atoms with E-state index in [2.05, 4.69) is 63.6 Å². The second-order valence-corrected chi connectivity index (χ2v) is 10.4. The molecule has 0 radical (unpaired) electrons. The molecule has 0 saturated carbocycles. The third-order valence-electron chi connectivity index (χ3n) is 7.49. The van der Waals surface area contributed by atoms with Crippen LogP contribution in [0.15, 0.2) is 79.5 Å². The Labute approximate surface area is 240 Å². The molecule has 0 aliphatic carbocycles. The molecule has 212 valence electrons. The van der Waals surface area contributed by atoms with Crippen LogP contribution in [0.4, 0.5) is 27.4 Å². The molecular weight excluding hydrogens is 515 g/mol. The van der Waals surface area contributed by atoms with E-state index in [0.29, 0.717) is 18.5 Å². The van der Waals surface area contributed by atoms with Gasteiger partial charge in [0.2, 0.25) is 11.9 Å². The summed E-state index contributed by atoms with van der Waals surface area (Å²) in [7, 11) is 0. The number of likely N-dealkylation sites (tertiary alicyclic amines) is 1. The Morgan fingerprint density at radius 3 is 2.61 bits per heavy atom. The highest BCUT2D eigenvalue weighted by atomic mass is 19.1. The number of halogens is 1. The van der Waals surface area contributed by atoms with Crippen molar-refractivity contribution in [1.82, 2.24) is 14.9 Å². The Balaban J connectivity index is 1.33. The molecule has 5 rings (SSSR count). The minimum atomic E-state index is -0.280. The highest BCUT2D eigenvalue weighted by molar-refractivity contribution is 6.01. The average Bonchev–Trinajstić information content (AvgIpc) is 3.00. The Bertz CT molecular complexity index is 1500. The maximum absolute atomic E-state index is 12.6. The van der Waals surface area contributed by atoms with Crippen molar-refractivity contribution < 1.29 is 9.18 Å². The Morgan fingerprint density at radius 2 is 1.88 bits per heavy atom. The van der Waals surface area contributed by atoms with E-state index in [-0.39, 0.29) is 12.6 Å². The van der Waals surface area contributed by atoms with Crippen LogP contribution in [0.2, 0.25) is 0 Å². The molecule has 4 aromatic rings. The van der Waals surface area contributed by atoms with E-state index in [0.717, 1.165) is 83.4 Å². The molecule has 7 nitrogen and oxygen atoms in total. The molecule has 2 heterocycles. The van der Waals surface area contributed by atoms with Gasteiger partial charge in [-0.1, -0.05) is 50.3 Å². The van der Waals surface area contributed by atoms with E-state index < -0.39 is 0 Å². The van der Waals surface area contributed by atoms with Gasteiger partial charge >= 0.3 is 0 Å². The van der Waals surface area contributed by atoms with E-state index in [1.54, 1.807) is 0 Å². The summed E-state index contributed by atoms with van der Waals surface area (Å²) in [4.78, 5) is 23.7. The Morgan fingerprint density at radius 1 is 1.10 bits per heavy atom. The number of piperidine rings is 1. The average molecular weight is 553 g/mol. The molecule has 0 atom stereocenters. The molecule has 1 aliphatic heterocycles. The number of anilines is 4. The molecular formula is C33H37FN6O. The fraction of sp³-hybridized carbons (Fsp3) is 0.303. The Kier molecular flexibility index (Phi) is 9.21. The van der Waals surface area contributed by atoms with E-state index in [1.807, 2.05) is 42.6 Å². The lowest BCUT2D eigenvalue weighted by Gasteiger charge is -2.32. The van der Waals surface area contributed by atoms with Crippen molar-refractivity contribution >= 4 is 39.8 Å². The van der Waals surface area contributed by atoms with Crippen molar-refractivity contribution in [1.29, 1.82) is 0 Å². The van der Waals surface area contributed by atoms with Crippen molar-refractivity contribution in [3.05, 3.63) is 85.1 Å². The number of carbonyl (C=O) groups excluding carboxylic acids is 1. The normalized spacial score (nSPS) is 14.1. The zero-order chi connectivity index (χ0) is 28.6. The summed E-state index contributed by atoms with van der Waals surface area (Å²) >= 11 is 0. The van der Waals surface area contributed by atoms with Crippen molar-refractivity contribution in [2.24, 2.45) is 0 Å². The van der Waals surface area contributed by atoms with Crippen LogP contribution in [0, 0.1) is 0 Å². The highest BCUT2D eigenvalue weighted by Gasteiger charge is 2.18. The fourth-order valence-corrected chi connectivity index (χ4v) is 5.32. The van der Waals surface area contributed by atoms with Gasteiger partial charge in [-0.3, -0.25) is 4.79 Å². The Hall–Kier alpha value is -4.30. The molecule has 1 saturated heterocycles. The van der Waals surface area contributed by atoms with Crippen LogP contribution >= 0.6 is 0 Å². The van der Waals surface area contributed by atoms with Gasteiger partial charge in [-0.2, -0.15) is 0 Å². The van der Waals surface area contributed by atoms with E-state index in [9.17, 15) is 9.18 Å². The first kappa shape index (κ1) is 28.2. The van der Waals surface area contributed by atoms with Gasteiger partial charge in [0.1, 0.15) is 6.67 Å². The summed E-state index contributed by atoms with van der Waals surface area (Å²) in [6.07, 6.45) is 6.98. The standard InChI is InChI=1S/C33H37FN6O/c1-3-6-23-9-10-24(21-30(23)38-31(41)4-2)29-8-5-7-25-22-35-33(39-32(25)29)37-27-13-11-26(12-14-27)36-28-15-18-40(19-16-28)20-17-34/h4-5,7-14,21-22,28,36H,2-3,6,15-20H2,1H3,(H,38,41)(H,35,37,39). The second-order valence-electron chi connectivity index (χ2n) is 10.4. The number of benzene rings is 3. The summed E-state index contributed by atoms with van der Waals surface area (Å²) in [6, 6.07) is 20.7. The van der Waals surface area contributed by atoms with Gasteiger partial charge in [-0.05, 0) is 66.8 Å². The van der Waals surface area contributed by atoms with Crippen LogP contribution in [-0.2, 0) is 11.2 Å². The fourth-order valence-electron chi connectivity index (χ4n) is 5.32. The number of nitrogens with zero attached hydrogens (tertiary/aromatic N) is 3. The maximum Gasteiger partial charge on any atom is 0.247 e. The summed E-state index contributed by atoms with van der Waals surface area (Å²) in [6.45, 7) is 7.81. The zero-order valence-electron chi connectivity index (χ0n) is 23.5. The number of hydrogen-bond acceptors (Lipinski definition) is 6.